The summed E-state index contributed by atoms with van der Waals surface area (Å²) in [6.07, 6.45) is 0.190. The van der Waals surface area contributed by atoms with E-state index >= 15 is 0 Å². The molecule has 19 heavy (non-hydrogen) atoms. The van der Waals surface area contributed by atoms with Crippen LogP contribution in [0.4, 0.5) is 0 Å². The summed E-state index contributed by atoms with van der Waals surface area (Å²) in [4.78, 5) is 12.5. The van der Waals surface area contributed by atoms with E-state index in [0.29, 0.717) is 5.56 Å². The number of carbonyl (C=O) groups excluding carboxylic acids is 1. The Kier molecular flexibility index (Phi) is 4.48. The highest BCUT2D eigenvalue weighted by Crippen LogP contribution is 2.25. The lowest BCUT2D eigenvalue weighted by atomic mass is 9.88. The maximum Gasteiger partial charge on any atom is 0.171 e. The van der Waals surface area contributed by atoms with E-state index in [-0.39, 0.29) is 12.2 Å². The zero-order valence-electron chi connectivity index (χ0n) is 10.2. The summed E-state index contributed by atoms with van der Waals surface area (Å²) in [5.41, 5.74) is 1.51. The van der Waals surface area contributed by atoms with Crippen LogP contribution in [0, 0.1) is 11.3 Å². The van der Waals surface area contributed by atoms with Gasteiger partial charge in [0, 0.05) is 16.5 Å². The fourth-order valence-corrected chi connectivity index (χ4v) is 2.38. The molecule has 0 bridgehead atoms. The van der Waals surface area contributed by atoms with Crippen molar-refractivity contribution in [2.75, 3.05) is 0 Å². The summed E-state index contributed by atoms with van der Waals surface area (Å²) in [6.45, 7) is 0. The molecule has 2 aromatic carbocycles. The van der Waals surface area contributed by atoms with Crippen molar-refractivity contribution in [2.45, 2.75) is 12.3 Å². The van der Waals surface area contributed by atoms with E-state index in [1.54, 1.807) is 12.1 Å². The molecule has 1 atom stereocenters. The van der Waals surface area contributed by atoms with E-state index in [9.17, 15) is 4.79 Å². The predicted molar refractivity (Wildman–Crippen MR) is 77.9 cm³/mol. The van der Waals surface area contributed by atoms with Gasteiger partial charge in [0.2, 0.25) is 0 Å². The molecule has 0 saturated carbocycles. The molecule has 3 heteroatoms. The molecule has 0 aromatic heterocycles. The van der Waals surface area contributed by atoms with E-state index in [1.807, 2.05) is 42.5 Å². The molecular formula is C16H12BrNO. The molecule has 0 aliphatic carbocycles. The lowest BCUT2D eigenvalue weighted by Crippen LogP contribution is -2.12. The molecule has 1 unspecified atom stereocenters. The molecule has 0 saturated heterocycles. The first-order valence-electron chi connectivity index (χ1n) is 5.94. The maximum absolute atomic E-state index is 12.5. The molecular weight excluding hydrogens is 302 g/mol. The molecule has 0 heterocycles. The molecule has 0 aliphatic heterocycles. The van der Waals surface area contributed by atoms with Crippen molar-refractivity contribution in [3.8, 4) is 6.07 Å². The highest BCUT2D eigenvalue weighted by Gasteiger charge is 2.21. The molecule has 0 fully saturated rings. The van der Waals surface area contributed by atoms with Gasteiger partial charge in [-0.1, -0.05) is 58.4 Å². The third kappa shape index (κ3) is 3.30. The molecule has 2 nitrogen and oxygen atoms in total. The van der Waals surface area contributed by atoms with Crippen LogP contribution in [0.5, 0.6) is 0 Å². The van der Waals surface area contributed by atoms with E-state index in [4.69, 9.17) is 5.26 Å². The second-order valence-corrected chi connectivity index (χ2v) is 5.12. The maximum atomic E-state index is 12.5. The predicted octanol–water partition coefficient (Wildman–Crippen LogP) is 4.33. The highest BCUT2D eigenvalue weighted by molar-refractivity contribution is 9.10. The summed E-state index contributed by atoms with van der Waals surface area (Å²) >= 11 is 3.36. The van der Waals surface area contributed by atoms with Gasteiger partial charge in [0.15, 0.2) is 5.78 Å². The normalized spacial score (nSPS) is 11.6. The lowest BCUT2D eigenvalue weighted by molar-refractivity contribution is 0.0960. The van der Waals surface area contributed by atoms with Crippen molar-refractivity contribution in [3.05, 3.63) is 70.2 Å². The van der Waals surface area contributed by atoms with E-state index < -0.39 is 5.92 Å². The Hall–Kier alpha value is -1.92. The van der Waals surface area contributed by atoms with Crippen LogP contribution < -0.4 is 0 Å². The van der Waals surface area contributed by atoms with Crippen molar-refractivity contribution < 1.29 is 4.79 Å². The van der Waals surface area contributed by atoms with Crippen LogP contribution in [-0.4, -0.2) is 5.78 Å². The lowest BCUT2D eigenvalue weighted by Gasteiger charge is -2.13. The zero-order chi connectivity index (χ0) is 13.7. The van der Waals surface area contributed by atoms with Gasteiger partial charge in [0.25, 0.3) is 0 Å². The number of benzene rings is 2. The van der Waals surface area contributed by atoms with Crippen LogP contribution in [0.15, 0.2) is 59.1 Å². The second-order valence-electron chi connectivity index (χ2n) is 4.20. The molecule has 0 spiro atoms. The van der Waals surface area contributed by atoms with Crippen molar-refractivity contribution >= 4 is 21.7 Å². The zero-order valence-corrected chi connectivity index (χ0v) is 11.8. The Bertz CT molecular complexity index is 616. The number of rotatable bonds is 4. The Labute approximate surface area is 120 Å². The molecule has 0 radical (unpaired) electrons. The first kappa shape index (κ1) is 13.5. The number of hydrogen-bond donors (Lipinski definition) is 0. The van der Waals surface area contributed by atoms with E-state index in [1.165, 1.54) is 0 Å². The third-order valence-corrected chi connectivity index (χ3v) is 3.42. The van der Waals surface area contributed by atoms with Crippen LogP contribution in [-0.2, 0) is 0 Å². The second kappa shape index (κ2) is 6.31. The van der Waals surface area contributed by atoms with E-state index in [2.05, 4.69) is 22.0 Å². The molecule has 0 aliphatic rings. The molecule has 2 rings (SSSR count). The van der Waals surface area contributed by atoms with Crippen molar-refractivity contribution in [3.63, 3.8) is 0 Å². The fourth-order valence-electron chi connectivity index (χ4n) is 1.98. The summed E-state index contributed by atoms with van der Waals surface area (Å²) in [5, 5.41) is 8.94. The van der Waals surface area contributed by atoms with Crippen LogP contribution in [0.1, 0.15) is 28.3 Å². The number of nitrogens with zero attached hydrogens (tertiary/aromatic N) is 1. The average Bonchev–Trinajstić information content (AvgIpc) is 2.45. The first-order chi connectivity index (χ1) is 9.22. The van der Waals surface area contributed by atoms with Gasteiger partial charge in [0.05, 0.1) is 12.0 Å². The van der Waals surface area contributed by atoms with Crippen LogP contribution in [0.2, 0.25) is 0 Å². The standard InChI is InChI=1S/C16H12BrNO/c17-14-8-4-7-13(11-14)16(19)15(9-10-18)12-5-2-1-3-6-12/h1-8,11,15H,9H2. The Balaban J connectivity index is 2.35. The van der Waals surface area contributed by atoms with Crippen LogP contribution >= 0.6 is 15.9 Å². The number of hydrogen-bond acceptors (Lipinski definition) is 2. The number of ketones is 1. The Morgan fingerprint density at radius 1 is 1.16 bits per heavy atom. The largest absolute Gasteiger partial charge is 0.293 e. The van der Waals surface area contributed by atoms with Crippen molar-refractivity contribution in [2.24, 2.45) is 0 Å². The highest BCUT2D eigenvalue weighted by atomic mass is 79.9. The quantitative estimate of drug-likeness (QED) is 0.788. The van der Waals surface area contributed by atoms with Gasteiger partial charge in [-0.05, 0) is 17.7 Å². The van der Waals surface area contributed by atoms with E-state index in [0.717, 1.165) is 10.0 Å². The van der Waals surface area contributed by atoms with Crippen LogP contribution in [0.3, 0.4) is 0 Å². The molecule has 0 N–H and O–H groups in total. The summed E-state index contributed by atoms with van der Waals surface area (Å²) in [7, 11) is 0. The topological polar surface area (TPSA) is 40.9 Å². The summed E-state index contributed by atoms with van der Waals surface area (Å²) in [5.74, 6) is -0.422. The van der Waals surface area contributed by atoms with Crippen molar-refractivity contribution in [1.29, 1.82) is 5.26 Å². The third-order valence-electron chi connectivity index (χ3n) is 2.92. The van der Waals surface area contributed by atoms with Gasteiger partial charge in [-0.15, -0.1) is 0 Å². The minimum absolute atomic E-state index is 0.0194. The molecule has 94 valence electrons. The minimum Gasteiger partial charge on any atom is -0.293 e. The Morgan fingerprint density at radius 2 is 1.89 bits per heavy atom. The Morgan fingerprint density at radius 3 is 2.53 bits per heavy atom. The molecule has 0 amide bonds. The van der Waals surface area contributed by atoms with Crippen LogP contribution in [0.25, 0.3) is 0 Å². The van der Waals surface area contributed by atoms with Gasteiger partial charge in [0.1, 0.15) is 0 Å². The number of halogens is 1. The number of nitriles is 1. The van der Waals surface area contributed by atoms with Gasteiger partial charge in [-0.2, -0.15) is 5.26 Å². The first-order valence-corrected chi connectivity index (χ1v) is 6.73. The summed E-state index contributed by atoms with van der Waals surface area (Å²) in [6, 6.07) is 18.8. The number of Topliss-reactive ketones (excluding diaryl/α,β-unsaturated/α-hetero) is 1. The SMILES string of the molecule is N#CCC(C(=O)c1cccc(Br)c1)c1ccccc1. The van der Waals surface area contributed by atoms with Gasteiger partial charge < -0.3 is 0 Å². The van der Waals surface area contributed by atoms with Crippen molar-refractivity contribution in [1.82, 2.24) is 0 Å². The smallest absolute Gasteiger partial charge is 0.171 e. The minimum atomic E-state index is -0.402. The monoisotopic (exact) mass is 313 g/mol. The summed E-state index contributed by atoms with van der Waals surface area (Å²) < 4.78 is 0.863. The molecule has 2 aromatic rings. The fraction of sp³-hybridized carbons (Fsp3) is 0.125. The van der Waals surface area contributed by atoms with Gasteiger partial charge >= 0.3 is 0 Å². The average molecular weight is 314 g/mol. The van der Waals surface area contributed by atoms with Gasteiger partial charge in [-0.25, -0.2) is 0 Å². The van der Waals surface area contributed by atoms with Gasteiger partial charge in [-0.3, -0.25) is 4.79 Å². The number of carbonyl (C=O) groups is 1.